The summed E-state index contributed by atoms with van der Waals surface area (Å²) >= 11 is 0. The Morgan fingerprint density at radius 2 is 1.87 bits per heavy atom. The lowest BCUT2D eigenvalue weighted by atomic mass is 10.1. The van der Waals surface area contributed by atoms with Crippen molar-refractivity contribution in [1.29, 1.82) is 0 Å². The van der Waals surface area contributed by atoms with Crippen LogP contribution in [0.3, 0.4) is 0 Å². The molecule has 1 unspecified atom stereocenters. The summed E-state index contributed by atoms with van der Waals surface area (Å²) < 4.78 is 22.4. The molecule has 0 fully saturated rings. The quantitative estimate of drug-likeness (QED) is 0.791. The lowest BCUT2D eigenvalue weighted by molar-refractivity contribution is 0.601. The van der Waals surface area contributed by atoms with Gasteiger partial charge in [-0.3, -0.25) is 0 Å². The van der Waals surface area contributed by atoms with Crippen LogP contribution in [0.4, 0.5) is 0 Å². The van der Waals surface area contributed by atoms with Gasteiger partial charge in [0.25, 0.3) is 0 Å². The molecule has 82 valence electrons. The minimum atomic E-state index is -3.10. The van der Waals surface area contributed by atoms with Crippen molar-refractivity contribution in [3.8, 4) is 0 Å². The molecule has 0 bridgehead atoms. The van der Waals surface area contributed by atoms with Crippen LogP contribution in [0.1, 0.15) is 11.6 Å². The first kappa shape index (κ1) is 11.9. The molecule has 0 aromatic heterocycles. The van der Waals surface area contributed by atoms with E-state index in [4.69, 9.17) is 0 Å². The van der Waals surface area contributed by atoms with Gasteiger partial charge in [0, 0.05) is 6.26 Å². The van der Waals surface area contributed by atoms with Crippen LogP contribution in [0, 0.1) is 0 Å². The first-order valence-electron chi connectivity index (χ1n) is 4.59. The molecule has 0 spiro atoms. The van der Waals surface area contributed by atoms with Crippen LogP contribution >= 0.6 is 0 Å². The maximum atomic E-state index is 11.2. The molecule has 1 rings (SSSR count). The highest BCUT2D eigenvalue weighted by molar-refractivity contribution is 7.90. The second-order valence-corrected chi connectivity index (χ2v) is 5.36. The monoisotopic (exact) mass is 225 g/mol. The first-order chi connectivity index (χ1) is 6.99. The molecule has 1 aromatic rings. The van der Waals surface area contributed by atoms with Crippen LogP contribution in [-0.4, -0.2) is 21.7 Å². The summed E-state index contributed by atoms with van der Waals surface area (Å²) in [4.78, 5) is 0.338. The van der Waals surface area contributed by atoms with Gasteiger partial charge in [-0.05, 0) is 24.7 Å². The molecular weight excluding hydrogens is 210 g/mol. The fourth-order valence-corrected chi connectivity index (χ4v) is 1.97. The Labute approximate surface area is 90.7 Å². The number of sulfone groups is 1. The van der Waals surface area contributed by atoms with E-state index in [0.29, 0.717) is 4.90 Å². The number of nitrogens with one attached hydrogen (secondary N) is 1. The average molecular weight is 225 g/mol. The molecule has 1 N–H and O–H groups in total. The molecule has 0 heterocycles. The molecule has 0 aliphatic heterocycles. The van der Waals surface area contributed by atoms with Gasteiger partial charge in [-0.2, -0.15) is 0 Å². The molecule has 15 heavy (non-hydrogen) atoms. The third-order valence-electron chi connectivity index (χ3n) is 2.21. The summed E-state index contributed by atoms with van der Waals surface area (Å²) in [7, 11) is -1.27. The Kier molecular flexibility index (Phi) is 3.66. The van der Waals surface area contributed by atoms with E-state index in [2.05, 4.69) is 11.9 Å². The van der Waals surface area contributed by atoms with Gasteiger partial charge in [0.1, 0.15) is 0 Å². The number of benzene rings is 1. The van der Waals surface area contributed by atoms with Crippen LogP contribution in [0.5, 0.6) is 0 Å². The summed E-state index contributed by atoms with van der Waals surface area (Å²) in [5.74, 6) is 0. The molecule has 0 radical (unpaired) electrons. The summed E-state index contributed by atoms with van der Waals surface area (Å²) in [6.07, 6.45) is 2.97. The minimum Gasteiger partial charge on any atom is -0.310 e. The van der Waals surface area contributed by atoms with E-state index in [1.54, 1.807) is 30.3 Å². The predicted molar refractivity (Wildman–Crippen MR) is 61.5 cm³/mol. The van der Waals surface area contributed by atoms with Crippen molar-refractivity contribution in [3.05, 3.63) is 42.5 Å². The van der Waals surface area contributed by atoms with E-state index in [1.807, 2.05) is 7.05 Å². The van der Waals surface area contributed by atoms with Crippen molar-refractivity contribution in [2.75, 3.05) is 13.3 Å². The van der Waals surface area contributed by atoms with Gasteiger partial charge in [-0.15, -0.1) is 6.58 Å². The molecular formula is C11H15NO2S. The summed E-state index contributed by atoms with van der Waals surface area (Å²) in [5.41, 5.74) is 1.000. The average Bonchev–Trinajstić information content (AvgIpc) is 2.19. The lowest BCUT2D eigenvalue weighted by Gasteiger charge is -2.11. The molecule has 3 nitrogen and oxygen atoms in total. The van der Waals surface area contributed by atoms with Gasteiger partial charge < -0.3 is 5.32 Å². The third-order valence-corrected chi connectivity index (χ3v) is 3.34. The Hall–Kier alpha value is -1.13. The highest BCUT2D eigenvalue weighted by atomic mass is 32.2. The van der Waals surface area contributed by atoms with E-state index in [1.165, 1.54) is 6.26 Å². The molecule has 4 heteroatoms. The lowest BCUT2D eigenvalue weighted by Crippen LogP contribution is -2.13. The van der Waals surface area contributed by atoms with Crippen LogP contribution in [0.15, 0.2) is 41.8 Å². The second kappa shape index (κ2) is 4.59. The smallest absolute Gasteiger partial charge is 0.175 e. The molecule has 0 aliphatic rings. The predicted octanol–water partition coefficient (Wildman–Crippen LogP) is 1.54. The fourth-order valence-electron chi connectivity index (χ4n) is 1.34. The molecule has 0 amide bonds. The van der Waals surface area contributed by atoms with Gasteiger partial charge in [-0.1, -0.05) is 18.2 Å². The van der Waals surface area contributed by atoms with Gasteiger partial charge >= 0.3 is 0 Å². The zero-order valence-electron chi connectivity index (χ0n) is 8.90. The van der Waals surface area contributed by atoms with Crippen molar-refractivity contribution in [1.82, 2.24) is 5.32 Å². The fraction of sp³-hybridized carbons (Fsp3) is 0.273. The number of hydrogen-bond acceptors (Lipinski definition) is 3. The Balaban J connectivity index is 3.05. The van der Waals surface area contributed by atoms with Crippen molar-refractivity contribution in [3.63, 3.8) is 0 Å². The van der Waals surface area contributed by atoms with Crippen LogP contribution < -0.4 is 5.32 Å². The van der Waals surface area contributed by atoms with Crippen molar-refractivity contribution in [2.24, 2.45) is 0 Å². The van der Waals surface area contributed by atoms with Gasteiger partial charge in [0.2, 0.25) is 0 Å². The standard InChI is InChI=1S/C11H15NO2S/c1-4-11(12-2)9-5-7-10(8-6-9)15(3,13)14/h4-8,11-12H,1H2,2-3H3. The summed E-state index contributed by atoms with van der Waals surface area (Å²) in [6.45, 7) is 3.70. The molecule has 0 aliphatic carbocycles. The Bertz CT molecular complexity index is 434. The Morgan fingerprint density at radius 1 is 1.33 bits per heavy atom. The van der Waals surface area contributed by atoms with E-state index in [-0.39, 0.29) is 6.04 Å². The largest absolute Gasteiger partial charge is 0.310 e. The van der Waals surface area contributed by atoms with Gasteiger partial charge in [0.05, 0.1) is 10.9 Å². The number of hydrogen-bond donors (Lipinski definition) is 1. The minimum absolute atomic E-state index is 0.0543. The van der Waals surface area contributed by atoms with Crippen LogP contribution in [0.25, 0.3) is 0 Å². The molecule has 1 aromatic carbocycles. The topological polar surface area (TPSA) is 46.2 Å². The van der Waals surface area contributed by atoms with E-state index in [9.17, 15) is 8.42 Å². The molecule has 0 saturated heterocycles. The normalized spacial score (nSPS) is 13.5. The zero-order valence-corrected chi connectivity index (χ0v) is 9.71. The first-order valence-corrected chi connectivity index (χ1v) is 6.48. The highest BCUT2D eigenvalue weighted by Gasteiger charge is 2.08. The van der Waals surface area contributed by atoms with Crippen molar-refractivity contribution >= 4 is 9.84 Å². The number of likely N-dealkylation sites (N-methyl/N-ethyl adjacent to an activating group) is 1. The van der Waals surface area contributed by atoms with Crippen molar-refractivity contribution in [2.45, 2.75) is 10.9 Å². The van der Waals surface area contributed by atoms with Crippen LogP contribution in [-0.2, 0) is 9.84 Å². The molecule has 0 saturated carbocycles. The summed E-state index contributed by atoms with van der Waals surface area (Å²) in [6, 6.07) is 6.86. The number of rotatable bonds is 4. The maximum absolute atomic E-state index is 11.2. The van der Waals surface area contributed by atoms with E-state index < -0.39 is 9.84 Å². The van der Waals surface area contributed by atoms with E-state index >= 15 is 0 Å². The van der Waals surface area contributed by atoms with E-state index in [0.717, 1.165) is 5.56 Å². The third kappa shape index (κ3) is 2.91. The van der Waals surface area contributed by atoms with Gasteiger partial charge in [0.15, 0.2) is 9.84 Å². The second-order valence-electron chi connectivity index (χ2n) is 3.34. The Morgan fingerprint density at radius 3 is 2.20 bits per heavy atom. The van der Waals surface area contributed by atoms with Crippen molar-refractivity contribution < 1.29 is 8.42 Å². The van der Waals surface area contributed by atoms with Crippen LogP contribution in [0.2, 0.25) is 0 Å². The molecule has 1 atom stereocenters. The zero-order chi connectivity index (χ0) is 11.5. The SMILES string of the molecule is C=CC(NC)c1ccc(S(C)(=O)=O)cc1. The summed E-state index contributed by atoms with van der Waals surface area (Å²) in [5, 5.41) is 3.06. The highest BCUT2D eigenvalue weighted by Crippen LogP contribution is 2.16. The van der Waals surface area contributed by atoms with Gasteiger partial charge in [-0.25, -0.2) is 8.42 Å². The maximum Gasteiger partial charge on any atom is 0.175 e.